The first-order chi connectivity index (χ1) is 8.56. The van der Waals surface area contributed by atoms with Crippen LogP contribution in [0.4, 0.5) is 4.79 Å². The third-order valence-corrected chi connectivity index (χ3v) is 3.45. The monoisotopic (exact) mass is 291 g/mol. The van der Waals surface area contributed by atoms with Crippen LogP contribution >= 0.6 is 11.6 Å². The second kappa shape index (κ2) is 5.79. The average Bonchev–Trinajstić information content (AvgIpc) is 2.75. The first kappa shape index (κ1) is 13.5. The summed E-state index contributed by atoms with van der Waals surface area (Å²) in [5.74, 6) is 0.00955. The van der Waals surface area contributed by atoms with Gasteiger partial charge >= 0.3 is 6.03 Å². The van der Waals surface area contributed by atoms with Crippen molar-refractivity contribution in [3.05, 3.63) is 17.4 Å². The Kier molecular flexibility index (Phi) is 4.33. The molecule has 9 heteroatoms. The number of hydrogen-bond donors (Lipinski definition) is 0. The molecule has 1 aromatic rings. The Labute approximate surface area is 112 Å². The standard InChI is InChI=1S/C9H13ClN4O3S/c10-8-5-11-14(6-8)9(15)13-3-1-12(2-4-13)7-18(16)17/h5-6H,1-4,7H2,(H,16,17)/p-1. The molecule has 1 aliphatic rings. The van der Waals surface area contributed by atoms with Crippen LogP contribution < -0.4 is 0 Å². The van der Waals surface area contributed by atoms with Gasteiger partial charge in [0.1, 0.15) is 0 Å². The van der Waals surface area contributed by atoms with E-state index in [1.165, 1.54) is 17.1 Å². The van der Waals surface area contributed by atoms with Gasteiger partial charge in [0.25, 0.3) is 0 Å². The average molecular weight is 292 g/mol. The molecule has 2 rings (SSSR count). The second-order valence-corrected chi connectivity index (χ2v) is 5.23. The minimum atomic E-state index is -2.08. The molecule has 0 bridgehead atoms. The molecule has 1 aromatic heterocycles. The number of rotatable bonds is 2. The molecule has 100 valence electrons. The highest BCUT2D eigenvalue weighted by Gasteiger charge is 2.22. The highest BCUT2D eigenvalue weighted by atomic mass is 35.5. The summed E-state index contributed by atoms with van der Waals surface area (Å²) in [7, 11) is 0. The summed E-state index contributed by atoms with van der Waals surface area (Å²) in [6, 6.07) is -0.246. The van der Waals surface area contributed by atoms with Gasteiger partial charge in [-0.25, -0.2) is 4.79 Å². The maximum Gasteiger partial charge on any atom is 0.344 e. The third-order valence-electron chi connectivity index (χ3n) is 2.68. The molecule has 0 N–H and O–H groups in total. The van der Waals surface area contributed by atoms with Crippen LogP contribution in [0.3, 0.4) is 0 Å². The molecule has 1 amide bonds. The molecule has 18 heavy (non-hydrogen) atoms. The van der Waals surface area contributed by atoms with E-state index in [4.69, 9.17) is 11.6 Å². The molecular weight excluding hydrogens is 280 g/mol. The first-order valence-electron chi connectivity index (χ1n) is 5.34. The Balaban J connectivity index is 1.90. The van der Waals surface area contributed by atoms with Gasteiger partial charge in [-0.1, -0.05) is 11.6 Å². The van der Waals surface area contributed by atoms with Crippen molar-refractivity contribution in [2.75, 3.05) is 32.1 Å². The fourth-order valence-electron chi connectivity index (χ4n) is 1.77. The molecule has 1 fully saturated rings. The highest BCUT2D eigenvalue weighted by Crippen LogP contribution is 2.08. The summed E-state index contributed by atoms with van der Waals surface area (Å²) in [6.45, 7) is 2.03. The predicted molar refractivity (Wildman–Crippen MR) is 65.0 cm³/mol. The van der Waals surface area contributed by atoms with E-state index in [1.54, 1.807) is 9.80 Å². The van der Waals surface area contributed by atoms with Gasteiger partial charge in [-0.2, -0.15) is 9.78 Å². The number of aromatic nitrogens is 2. The van der Waals surface area contributed by atoms with Crippen LogP contribution in [0, 0.1) is 0 Å². The molecule has 0 aliphatic carbocycles. The number of halogens is 1. The van der Waals surface area contributed by atoms with Gasteiger partial charge in [-0.3, -0.25) is 9.11 Å². The Hall–Kier alpha value is -0.960. The maximum absolute atomic E-state index is 12.0. The van der Waals surface area contributed by atoms with E-state index in [0.29, 0.717) is 31.2 Å². The smallest absolute Gasteiger partial charge is 0.344 e. The molecule has 1 unspecified atom stereocenters. The van der Waals surface area contributed by atoms with Gasteiger partial charge in [-0.05, 0) is 11.1 Å². The van der Waals surface area contributed by atoms with Gasteiger partial charge in [-0.15, -0.1) is 0 Å². The van der Waals surface area contributed by atoms with Crippen LogP contribution in [0.1, 0.15) is 0 Å². The number of carbonyl (C=O) groups is 1. The quantitative estimate of drug-likeness (QED) is 0.714. The molecule has 2 heterocycles. The van der Waals surface area contributed by atoms with Crippen LogP contribution in [-0.4, -0.2) is 66.4 Å². The number of hydrogen-bond acceptors (Lipinski definition) is 5. The highest BCUT2D eigenvalue weighted by molar-refractivity contribution is 7.79. The number of nitrogens with zero attached hydrogens (tertiary/aromatic N) is 4. The van der Waals surface area contributed by atoms with Crippen molar-refractivity contribution in [3.63, 3.8) is 0 Å². The predicted octanol–water partition coefficient (Wildman–Crippen LogP) is -0.0412. The minimum absolute atomic E-state index is 0.00955. The van der Waals surface area contributed by atoms with E-state index in [0.717, 1.165) is 0 Å². The second-order valence-electron chi connectivity index (χ2n) is 3.92. The maximum atomic E-state index is 12.0. The van der Waals surface area contributed by atoms with Gasteiger partial charge in [0.05, 0.1) is 23.3 Å². The molecule has 0 radical (unpaired) electrons. The SMILES string of the molecule is O=C(N1CCN(CS(=O)[O-])CC1)n1cc(Cl)cn1. The van der Waals surface area contributed by atoms with Crippen LogP contribution in [0.25, 0.3) is 0 Å². The molecular formula is C9H12ClN4O3S-. The van der Waals surface area contributed by atoms with Crippen molar-refractivity contribution in [2.24, 2.45) is 0 Å². The van der Waals surface area contributed by atoms with Crippen molar-refractivity contribution >= 4 is 28.7 Å². The molecule has 7 nitrogen and oxygen atoms in total. The summed E-state index contributed by atoms with van der Waals surface area (Å²) in [5, 5.41) is 4.25. The number of piperazine rings is 1. The van der Waals surface area contributed by atoms with Crippen molar-refractivity contribution in [3.8, 4) is 0 Å². The molecule has 0 aromatic carbocycles. The fraction of sp³-hybridized carbons (Fsp3) is 0.556. The van der Waals surface area contributed by atoms with Crippen molar-refractivity contribution in [1.82, 2.24) is 19.6 Å². The Morgan fingerprint density at radius 1 is 1.44 bits per heavy atom. The Morgan fingerprint density at radius 2 is 2.11 bits per heavy atom. The largest absolute Gasteiger partial charge is 0.771 e. The lowest BCUT2D eigenvalue weighted by atomic mass is 10.3. The molecule has 1 aliphatic heterocycles. The van der Waals surface area contributed by atoms with E-state index < -0.39 is 11.1 Å². The third kappa shape index (κ3) is 3.29. The summed E-state index contributed by atoms with van der Waals surface area (Å²) in [6.07, 6.45) is 2.85. The van der Waals surface area contributed by atoms with E-state index in [2.05, 4.69) is 5.10 Å². The minimum Gasteiger partial charge on any atom is -0.771 e. The summed E-state index contributed by atoms with van der Waals surface area (Å²) >= 11 is 3.61. The van der Waals surface area contributed by atoms with E-state index in [1.807, 2.05) is 0 Å². The van der Waals surface area contributed by atoms with Crippen molar-refractivity contribution in [1.29, 1.82) is 0 Å². The molecule has 1 saturated heterocycles. The lowest BCUT2D eigenvalue weighted by Gasteiger charge is -2.34. The fourth-order valence-corrected chi connectivity index (χ4v) is 2.46. The van der Waals surface area contributed by atoms with E-state index in [-0.39, 0.29) is 11.9 Å². The molecule has 0 spiro atoms. The topological polar surface area (TPSA) is 81.5 Å². The molecule has 0 saturated carbocycles. The Bertz CT molecular complexity index is 458. The Morgan fingerprint density at radius 3 is 2.61 bits per heavy atom. The van der Waals surface area contributed by atoms with Gasteiger partial charge < -0.3 is 9.45 Å². The van der Waals surface area contributed by atoms with Crippen LogP contribution in [0.5, 0.6) is 0 Å². The normalized spacial score (nSPS) is 18.9. The zero-order valence-corrected chi connectivity index (χ0v) is 11.1. The summed E-state index contributed by atoms with van der Waals surface area (Å²) in [5.41, 5.74) is 0. The van der Waals surface area contributed by atoms with Crippen LogP contribution in [0.15, 0.2) is 12.4 Å². The van der Waals surface area contributed by atoms with E-state index in [9.17, 15) is 13.6 Å². The summed E-state index contributed by atoms with van der Waals surface area (Å²) in [4.78, 5) is 15.4. The zero-order valence-electron chi connectivity index (χ0n) is 9.49. The van der Waals surface area contributed by atoms with Gasteiger partial charge in [0.2, 0.25) is 0 Å². The van der Waals surface area contributed by atoms with Crippen molar-refractivity contribution in [2.45, 2.75) is 0 Å². The van der Waals surface area contributed by atoms with Crippen molar-refractivity contribution < 1.29 is 13.6 Å². The van der Waals surface area contributed by atoms with Gasteiger partial charge in [0.15, 0.2) is 0 Å². The first-order valence-corrected chi connectivity index (χ1v) is 6.96. The lowest BCUT2D eigenvalue weighted by molar-refractivity contribution is 0.148. The van der Waals surface area contributed by atoms with Gasteiger partial charge in [0, 0.05) is 26.2 Å². The summed E-state index contributed by atoms with van der Waals surface area (Å²) < 4.78 is 22.3. The zero-order chi connectivity index (χ0) is 13.1. The number of carbonyl (C=O) groups excluding carboxylic acids is 1. The van der Waals surface area contributed by atoms with Crippen LogP contribution in [0.2, 0.25) is 5.02 Å². The lowest BCUT2D eigenvalue weighted by Crippen LogP contribution is -2.50. The molecule has 1 atom stereocenters. The van der Waals surface area contributed by atoms with E-state index >= 15 is 0 Å². The van der Waals surface area contributed by atoms with Crippen LogP contribution in [-0.2, 0) is 11.1 Å². The number of amides is 1.